The molecule has 0 spiro atoms. The topological polar surface area (TPSA) is 260 Å². The Balaban J connectivity index is 1.46. The molecular weight excluding hydrogens is 1110 g/mol. The molecule has 490 valence electrons. The van der Waals surface area contributed by atoms with Crippen molar-refractivity contribution in [1.82, 2.24) is 10.2 Å². The molecule has 2 amide bonds. The predicted octanol–water partition coefficient (Wildman–Crippen LogP) is 7.41. The number of esters is 1. The minimum absolute atomic E-state index is 0.00103. The molecule has 3 N–H and O–H groups in total. The van der Waals surface area contributed by atoms with E-state index in [1.165, 1.54) is 12.0 Å². The van der Waals surface area contributed by atoms with Gasteiger partial charge in [0.25, 0.3) is 11.7 Å². The number of alkyl carbamates (subject to hydrolysis) is 1. The first-order chi connectivity index (χ1) is 41.2. The molecule has 1 saturated carbocycles. The molecule has 0 aromatic heterocycles. The first-order valence-electron chi connectivity index (χ1n) is 31.5. The molecule has 2 bridgehead atoms. The number of piperidine rings is 1. The Bertz CT molecular complexity index is 2200. The summed E-state index contributed by atoms with van der Waals surface area (Å²) in [5.74, 6) is -8.48. The number of carbonyl (C=O) groups is 6. The lowest BCUT2D eigenvalue weighted by Gasteiger charge is -2.42. The van der Waals surface area contributed by atoms with Gasteiger partial charge >= 0.3 is 12.1 Å². The lowest BCUT2D eigenvalue weighted by molar-refractivity contribution is -0.265. The number of rotatable bonds is 24. The molecule has 21 nitrogen and oxygen atoms in total. The molecule has 1 unspecified atom stereocenters. The van der Waals surface area contributed by atoms with Gasteiger partial charge in [-0.1, -0.05) is 78.0 Å². The van der Waals surface area contributed by atoms with Crippen molar-refractivity contribution in [2.45, 2.75) is 193 Å². The van der Waals surface area contributed by atoms with Crippen molar-refractivity contribution in [3.8, 4) is 0 Å². The Kier molecular flexibility index (Phi) is 34.2. The van der Waals surface area contributed by atoms with Crippen LogP contribution in [0.5, 0.6) is 0 Å². The maximum absolute atomic E-state index is 14.7. The van der Waals surface area contributed by atoms with Crippen LogP contribution >= 0.6 is 0 Å². The van der Waals surface area contributed by atoms with Crippen LogP contribution in [0.25, 0.3) is 0 Å². The lowest BCUT2D eigenvalue weighted by atomic mass is 9.78. The number of Topliss-reactive ketones (excluding diaryl/α,β-unsaturated/α-hetero) is 3. The summed E-state index contributed by atoms with van der Waals surface area (Å²) >= 11 is 0. The van der Waals surface area contributed by atoms with Crippen molar-refractivity contribution in [3.63, 3.8) is 0 Å². The Labute approximate surface area is 511 Å². The number of ether oxygens (including phenoxy) is 11. The third-order valence-electron chi connectivity index (χ3n) is 17.1. The van der Waals surface area contributed by atoms with Crippen molar-refractivity contribution in [2.24, 2.45) is 35.5 Å². The standard InChI is InChI=1S/C65H106N2O19/c1-12-27-79-29-31-81-33-35-83-36-34-82-32-30-80-28-25-66-64(74)85-54-24-22-50(40-57(54)77-10)39-46(5)56-42-53(68)45(4)38-48(7)59(70)60(78-11)58(69)47(6)37-43(2)18-14-13-15-19-44(3)55(76-9)41-51-23-21-49(8)65(75,86-51)61(71)62(72)67-26-17-16-20-52(67)63(73)84-56/h13-15,18-19,38,43,45-47,49-52,54-57,59-60,70,75H,12,16-17,20-37,39-42H2,1-11H3,(H,66,74)/b15-13+,18-14+,44-19+,48-38+/t43-,45-,46-,47-,49-,50+,51+,52+,54-,55+,56+,57-,59?,60+,65-/m1/s1. The monoisotopic (exact) mass is 1220 g/mol. The van der Waals surface area contributed by atoms with Crippen molar-refractivity contribution in [2.75, 3.05) is 100 Å². The number of ketones is 3. The quantitative estimate of drug-likeness (QED) is 0.0368. The molecule has 4 aliphatic rings. The van der Waals surface area contributed by atoms with Crippen molar-refractivity contribution >= 4 is 35.3 Å². The van der Waals surface area contributed by atoms with E-state index in [1.807, 2.05) is 51.2 Å². The molecule has 2 saturated heterocycles. The molecule has 0 radical (unpaired) electrons. The molecule has 0 aromatic rings. The summed E-state index contributed by atoms with van der Waals surface area (Å²) in [5.41, 5.74) is 1.23. The first-order valence-corrected chi connectivity index (χ1v) is 31.5. The molecule has 21 heteroatoms. The number of amides is 2. The van der Waals surface area contributed by atoms with E-state index in [1.54, 1.807) is 48.0 Å². The van der Waals surface area contributed by atoms with E-state index in [4.69, 9.17) is 52.1 Å². The van der Waals surface area contributed by atoms with Gasteiger partial charge in [-0.2, -0.15) is 0 Å². The van der Waals surface area contributed by atoms with Gasteiger partial charge in [0.1, 0.15) is 36.2 Å². The van der Waals surface area contributed by atoms with Gasteiger partial charge in [0.15, 0.2) is 5.78 Å². The number of methoxy groups -OCH3 is 3. The van der Waals surface area contributed by atoms with Gasteiger partial charge in [-0.05, 0) is 113 Å². The number of hydrogen-bond acceptors (Lipinski definition) is 19. The minimum Gasteiger partial charge on any atom is -0.460 e. The summed E-state index contributed by atoms with van der Waals surface area (Å²) in [6.45, 7) is 19.5. The lowest BCUT2D eigenvalue weighted by Crippen LogP contribution is -2.61. The molecule has 3 heterocycles. The largest absolute Gasteiger partial charge is 0.460 e. The van der Waals surface area contributed by atoms with Gasteiger partial charge in [0.05, 0.1) is 77.8 Å². The highest BCUT2D eigenvalue weighted by Gasteiger charge is 2.53. The van der Waals surface area contributed by atoms with Crippen LogP contribution in [0.4, 0.5) is 4.79 Å². The Hall–Kier alpha value is -4.26. The average Bonchev–Trinajstić information content (AvgIpc) is 1.46. The van der Waals surface area contributed by atoms with Gasteiger partial charge in [-0.25, -0.2) is 9.59 Å². The maximum Gasteiger partial charge on any atom is 0.407 e. The summed E-state index contributed by atoms with van der Waals surface area (Å²) in [5, 5.41) is 26.4. The number of hydrogen-bond donors (Lipinski definition) is 3. The number of nitrogens with one attached hydrogen (secondary N) is 1. The van der Waals surface area contributed by atoms with E-state index in [2.05, 4.69) is 12.2 Å². The van der Waals surface area contributed by atoms with Crippen LogP contribution in [0.3, 0.4) is 0 Å². The van der Waals surface area contributed by atoms with E-state index in [9.17, 15) is 39.0 Å². The zero-order valence-corrected chi connectivity index (χ0v) is 53.5. The Morgan fingerprint density at radius 2 is 1.41 bits per heavy atom. The van der Waals surface area contributed by atoms with Crippen molar-refractivity contribution in [1.29, 1.82) is 0 Å². The summed E-state index contributed by atoms with van der Waals surface area (Å²) in [7, 11) is 4.50. The number of cyclic esters (lactones) is 1. The van der Waals surface area contributed by atoms with Crippen LogP contribution in [-0.4, -0.2) is 205 Å². The molecule has 15 atom stereocenters. The average molecular weight is 1220 g/mol. The summed E-state index contributed by atoms with van der Waals surface area (Å²) in [6.07, 6.45) is 10.7. The van der Waals surface area contributed by atoms with E-state index < -0.39 is 102 Å². The molecule has 3 fully saturated rings. The third-order valence-corrected chi connectivity index (χ3v) is 17.1. The molecule has 4 rings (SSSR count). The second-order valence-corrected chi connectivity index (χ2v) is 24.0. The highest BCUT2D eigenvalue weighted by Crippen LogP contribution is 2.38. The number of aliphatic hydroxyl groups is 2. The normalized spacial score (nSPS) is 33.3. The highest BCUT2D eigenvalue weighted by molar-refractivity contribution is 6.39. The van der Waals surface area contributed by atoms with Crippen molar-refractivity contribution < 1.29 is 91.1 Å². The molecular formula is C65H106N2O19. The zero-order chi connectivity index (χ0) is 63.2. The minimum atomic E-state index is -2.47. The molecule has 86 heavy (non-hydrogen) atoms. The van der Waals surface area contributed by atoms with E-state index >= 15 is 0 Å². The Morgan fingerprint density at radius 1 is 0.756 bits per heavy atom. The highest BCUT2D eigenvalue weighted by atomic mass is 16.6. The summed E-state index contributed by atoms with van der Waals surface area (Å²) in [6, 6.07) is -1.19. The fourth-order valence-corrected chi connectivity index (χ4v) is 11.8. The molecule has 1 aliphatic carbocycles. The maximum atomic E-state index is 14.7. The van der Waals surface area contributed by atoms with Crippen molar-refractivity contribution in [3.05, 3.63) is 47.6 Å². The van der Waals surface area contributed by atoms with Crippen LogP contribution in [-0.2, 0) is 76.1 Å². The first kappa shape index (κ1) is 74.2. The van der Waals surface area contributed by atoms with E-state index in [0.717, 1.165) is 18.6 Å². The Morgan fingerprint density at radius 3 is 2.03 bits per heavy atom. The second kappa shape index (κ2) is 39.7. The van der Waals surface area contributed by atoms with Crippen LogP contribution in [0.2, 0.25) is 0 Å². The smallest absolute Gasteiger partial charge is 0.407 e. The number of allylic oxidation sites excluding steroid dienone is 6. The predicted molar refractivity (Wildman–Crippen MR) is 322 cm³/mol. The van der Waals surface area contributed by atoms with Gasteiger partial charge in [0.2, 0.25) is 5.79 Å². The second-order valence-electron chi connectivity index (χ2n) is 24.0. The van der Waals surface area contributed by atoms with E-state index in [-0.39, 0.29) is 55.9 Å². The zero-order valence-electron chi connectivity index (χ0n) is 53.5. The van der Waals surface area contributed by atoms with Gasteiger partial charge in [-0.3, -0.25) is 19.2 Å². The number of aliphatic hydroxyl groups excluding tert-OH is 1. The third kappa shape index (κ3) is 24.3. The van der Waals surface area contributed by atoms with E-state index in [0.29, 0.717) is 123 Å². The fourth-order valence-electron chi connectivity index (χ4n) is 11.8. The van der Waals surface area contributed by atoms with Gasteiger partial charge < -0.3 is 72.5 Å². The summed E-state index contributed by atoms with van der Waals surface area (Å²) < 4.78 is 63.3. The van der Waals surface area contributed by atoms with Gasteiger partial charge in [-0.15, -0.1) is 0 Å². The molecule has 3 aliphatic heterocycles. The van der Waals surface area contributed by atoms with Crippen LogP contribution < -0.4 is 5.32 Å². The summed E-state index contributed by atoms with van der Waals surface area (Å²) in [4.78, 5) is 85.9. The van der Waals surface area contributed by atoms with Crippen LogP contribution in [0.1, 0.15) is 139 Å². The van der Waals surface area contributed by atoms with Crippen LogP contribution in [0.15, 0.2) is 47.6 Å². The SMILES string of the molecule is CCCOCCOCCOCCOCCOCCNC(=O)O[C@@H]1CC[C@@H](C[C@@H](C)[C@@H]2CC(=O)[C@H](C)/C=C(\C)C(O)[C@@H](OC)C(=O)[C@H](C)C[C@H](C)/C=C/C=C/C=C(\C)[C@@H](OC)C[C@@H]3CC[C@@H](C)[C@@](O)(O3)C(=O)C(=O)N3CCCC[C@H]3C(=O)O2)C[C@H]1OC. The van der Waals surface area contributed by atoms with Gasteiger partial charge in [0, 0.05) is 71.6 Å². The fraction of sp³-hybridized carbons (Fsp3) is 0.785. The van der Waals surface area contributed by atoms with Crippen LogP contribution in [0, 0.1) is 35.5 Å². The number of fused-ring (bicyclic) bond motifs is 3. The molecule has 0 aromatic carbocycles. The number of carbonyl (C=O) groups excluding carboxylic acids is 6. The number of nitrogens with zero attached hydrogens (tertiary/aromatic N) is 1.